The van der Waals surface area contributed by atoms with E-state index < -0.39 is 0 Å². The fourth-order valence-corrected chi connectivity index (χ4v) is 2.55. The normalized spacial score (nSPS) is 10.6. The van der Waals surface area contributed by atoms with Gasteiger partial charge in [-0.3, -0.25) is 4.79 Å². The molecule has 5 nitrogen and oxygen atoms in total. The second kappa shape index (κ2) is 7.47. The largest absolute Gasteiger partial charge is 0.347 e. The van der Waals surface area contributed by atoms with Gasteiger partial charge in [0.25, 0.3) is 0 Å². The molecule has 1 amide bonds. The van der Waals surface area contributed by atoms with E-state index in [-0.39, 0.29) is 18.9 Å². The van der Waals surface area contributed by atoms with Crippen LogP contribution in [-0.4, -0.2) is 16.0 Å². The Kier molecular flexibility index (Phi) is 5.13. The average Bonchev–Trinajstić information content (AvgIpc) is 3.04. The highest BCUT2D eigenvalue weighted by atomic mass is 35.5. The predicted octanol–water partition coefficient (Wildman–Crippen LogP) is 3.90. The number of amides is 1. The van der Waals surface area contributed by atoms with Gasteiger partial charge in [-0.2, -0.15) is 4.98 Å². The number of nitrogens with zero attached hydrogens (tertiary/aromatic N) is 2. The van der Waals surface area contributed by atoms with Crippen LogP contribution in [0.1, 0.15) is 11.5 Å². The summed E-state index contributed by atoms with van der Waals surface area (Å²) in [6.07, 6.45) is 0.186. The molecule has 0 aliphatic carbocycles. The predicted molar refractivity (Wildman–Crippen MR) is 91.7 cm³/mol. The van der Waals surface area contributed by atoms with Gasteiger partial charge < -0.3 is 9.84 Å². The fraction of sp³-hybridized carbons (Fsp3) is 0.118. The van der Waals surface area contributed by atoms with Crippen molar-refractivity contribution in [2.45, 2.75) is 13.0 Å². The maximum absolute atomic E-state index is 12.0. The third-order valence-corrected chi connectivity index (χ3v) is 4.03. The molecule has 0 aliphatic rings. The molecule has 1 heterocycles. The minimum atomic E-state index is -0.180. The van der Waals surface area contributed by atoms with E-state index in [1.807, 2.05) is 30.3 Å². The third-order valence-electron chi connectivity index (χ3n) is 3.33. The Labute approximate surface area is 148 Å². The Morgan fingerprint density at radius 2 is 1.75 bits per heavy atom. The molecule has 0 unspecified atom stereocenters. The van der Waals surface area contributed by atoms with Gasteiger partial charge in [-0.05, 0) is 23.8 Å². The number of benzene rings is 2. The molecular formula is C17H13Cl2N3O2. The van der Waals surface area contributed by atoms with Crippen LogP contribution in [0.25, 0.3) is 11.4 Å². The molecule has 0 saturated carbocycles. The molecule has 122 valence electrons. The lowest BCUT2D eigenvalue weighted by molar-refractivity contribution is -0.120. The van der Waals surface area contributed by atoms with Gasteiger partial charge in [-0.25, -0.2) is 0 Å². The standard InChI is InChI=1S/C17H13Cl2N3O2/c18-13-7-3-1-5-11(13)9-15(23)20-10-16-21-17(22-24-16)12-6-2-4-8-14(12)19/h1-8H,9-10H2,(H,20,23). The van der Waals surface area contributed by atoms with E-state index in [4.69, 9.17) is 27.7 Å². The lowest BCUT2D eigenvalue weighted by atomic mass is 10.1. The Morgan fingerprint density at radius 1 is 1.04 bits per heavy atom. The monoisotopic (exact) mass is 361 g/mol. The van der Waals surface area contributed by atoms with Crippen LogP contribution in [-0.2, 0) is 17.8 Å². The van der Waals surface area contributed by atoms with Gasteiger partial charge in [-0.1, -0.05) is 58.7 Å². The zero-order chi connectivity index (χ0) is 16.9. The van der Waals surface area contributed by atoms with Crippen LogP contribution in [0.3, 0.4) is 0 Å². The van der Waals surface area contributed by atoms with E-state index >= 15 is 0 Å². The zero-order valence-electron chi connectivity index (χ0n) is 12.5. The summed E-state index contributed by atoms with van der Waals surface area (Å²) in [4.78, 5) is 16.2. The molecule has 0 spiro atoms. The van der Waals surface area contributed by atoms with Crippen molar-refractivity contribution < 1.29 is 9.32 Å². The number of carbonyl (C=O) groups is 1. The summed E-state index contributed by atoms with van der Waals surface area (Å²) in [6.45, 7) is 0.140. The Hall–Kier alpha value is -2.37. The van der Waals surface area contributed by atoms with E-state index in [0.717, 1.165) is 5.56 Å². The van der Waals surface area contributed by atoms with Crippen molar-refractivity contribution in [2.24, 2.45) is 0 Å². The molecule has 0 radical (unpaired) electrons. The number of halogens is 2. The number of hydrogen-bond acceptors (Lipinski definition) is 4. The molecule has 0 fully saturated rings. The second-order valence-corrected chi connectivity index (χ2v) is 5.85. The highest BCUT2D eigenvalue weighted by Crippen LogP contribution is 2.24. The highest BCUT2D eigenvalue weighted by Gasteiger charge is 2.12. The van der Waals surface area contributed by atoms with Crippen molar-refractivity contribution in [3.63, 3.8) is 0 Å². The molecule has 7 heteroatoms. The van der Waals surface area contributed by atoms with Crippen LogP contribution in [0, 0.1) is 0 Å². The van der Waals surface area contributed by atoms with Gasteiger partial charge in [0.05, 0.1) is 18.0 Å². The smallest absolute Gasteiger partial charge is 0.246 e. The number of rotatable bonds is 5. The lowest BCUT2D eigenvalue weighted by Crippen LogP contribution is -2.24. The van der Waals surface area contributed by atoms with Crippen LogP contribution in [0.2, 0.25) is 10.0 Å². The first-order valence-corrected chi connectivity index (χ1v) is 7.96. The maximum atomic E-state index is 12.0. The maximum Gasteiger partial charge on any atom is 0.246 e. The third kappa shape index (κ3) is 3.93. The molecule has 24 heavy (non-hydrogen) atoms. The molecule has 0 bridgehead atoms. The summed E-state index contributed by atoms with van der Waals surface area (Å²) in [5.41, 5.74) is 1.44. The van der Waals surface area contributed by atoms with E-state index in [1.54, 1.807) is 18.2 Å². The molecule has 0 saturated heterocycles. The molecule has 0 aliphatic heterocycles. The summed E-state index contributed by atoms with van der Waals surface area (Å²) < 4.78 is 5.14. The Balaban J connectivity index is 1.61. The first kappa shape index (κ1) is 16.5. The first-order valence-electron chi connectivity index (χ1n) is 7.21. The molecule has 0 atom stereocenters. The molecule has 2 aromatic carbocycles. The first-order chi connectivity index (χ1) is 11.6. The van der Waals surface area contributed by atoms with Gasteiger partial charge >= 0.3 is 0 Å². The molecule has 3 rings (SSSR count). The summed E-state index contributed by atoms with van der Waals surface area (Å²) >= 11 is 12.1. The summed E-state index contributed by atoms with van der Waals surface area (Å²) in [5, 5.41) is 7.70. The Bertz CT molecular complexity index is 864. The second-order valence-electron chi connectivity index (χ2n) is 5.04. The van der Waals surface area contributed by atoms with Gasteiger partial charge in [0.1, 0.15) is 0 Å². The number of hydrogen-bond donors (Lipinski definition) is 1. The fourth-order valence-electron chi connectivity index (χ4n) is 2.13. The SMILES string of the molecule is O=C(Cc1ccccc1Cl)NCc1nc(-c2ccccc2Cl)no1. The van der Waals surface area contributed by atoms with Crippen LogP contribution in [0.4, 0.5) is 0 Å². The highest BCUT2D eigenvalue weighted by molar-refractivity contribution is 6.33. The zero-order valence-corrected chi connectivity index (χ0v) is 14.0. The van der Waals surface area contributed by atoms with Crippen LogP contribution in [0.5, 0.6) is 0 Å². The quantitative estimate of drug-likeness (QED) is 0.748. The van der Waals surface area contributed by atoms with E-state index in [1.165, 1.54) is 0 Å². The van der Waals surface area contributed by atoms with Crippen LogP contribution >= 0.6 is 23.2 Å². The van der Waals surface area contributed by atoms with Crippen LogP contribution < -0.4 is 5.32 Å². The summed E-state index contributed by atoms with van der Waals surface area (Å²) in [7, 11) is 0. The van der Waals surface area contributed by atoms with Crippen molar-refractivity contribution in [3.8, 4) is 11.4 Å². The summed E-state index contributed by atoms with van der Waals surface area (Å²) in [5.74, 6) is 0.508. The lowest BCUT2D eigenvalue weighted by Gasteiger charge is -2.04. The molecule has 1 aromatic heterocycles. The van der Waals surface area contributed by atoms with Crippen molar-refractivity contribution in [1.29, 1.82) is 0 Å². The summed E-state index contributed by atoms with van der Waals surface area (Å²) in [6, 6.07) is 14.4. The van der Waals surface area contributed by atoms with Gasteiger partial charge in [0, 0.05) is 10.6 Å². The topological polar surface area (TPSA) is 68.0 Å². The van der Waals surface area contributed by atoms with E-state index in [9.17, 15) is 4.79 Å². The molecular weight excluding hydrogens is 349 g/mol. The van der Waals surface area contributed by atoms with Crippen molar-refractivity contribution in [1.82, 2.24) is 15.5 Å². The Morgan fingerprint density at radius 3 is 2.50 bits per heavy atom. The molecule has 1 N–H and O–H groups in total. The van der Waals surface area contributed by atoms with E-state index in [0.29, 0.717) is 27.3 Å². The minimum Gasteiger partial charge on any atom is -0.347 e. The van der Waals surface area contributed by atoms with Crippen molar-refractivity contribution in [2.75, 3.05) is 0 Å². The molecule has 3 aromatic rings. The number of carbonyl (C=O) groups excluding carboxylic acids is 1. The minimum absolute atomic E-state index is 0.140. The van der Waals surface area contributed by atoms with Crippen molar-refractivity contribution in [3.05, 3.63) is 70.0 Å². The average molecular weight is 362 g/mol. The van der Waals surface area contributed by atoms with Gasteiger partial charge in [0.15, 0.2) is 0 Å². The number of aromatic nitrogens is 2. The van der Waals surface area contributed by atoms with Crippen molar-refractivity contribution >= 4 is 29.1 Å². The number of nitrogens with one attached hydrogen (secondary N) is 1. The van der Waals surface area contributed by atoms with Crippen LogP contribution in [0.15, 0.2) is 53.1 Å². The van der Waals surface area contributed by atoms with Gasteiger partial charge in [-0.15, -0.1) is 0 Å². The van der Waals surface area contributed by atoms with Gasteiger partial charge in [0.2, 0.25) is 17.6 Å². The van der Waals surface area contributed by atoms with E-state index in [2.05, 4.69) is 15.5 Å².